The van der Waals surface area contributed by atoms with Crippen LogP contribution >= 0.6 is 0 Å². The summed E-state index contributed by atoms with van der Waals surface area (Å²) in [4.78, 5) is 10.4. The molecule has 0 fully saturated rings. The van der Waals surface area contributed by atoms with Gasteiger partial charge in [0.15, 0.2) is 0 Å². The molecule has 0 rings (SSSR count). The Morgan fingerprint density at radius 3 is 2.22 bits per heavy atom. The van der Waals surface area contributed by atoms with Crippen molar-refractivity contribution in [3.8, 4) is 0 Å². The first kappa shape index (κ1) is 8.47. The summed E-state index contributed by atoms with van der Waals surface area (Å²) < 4.78 is 0. The van der Waals surface area contributed by atoms with Gasteiger partial charge in [-0.2, -0.15) is 0 Å². The molecule has 1 unspecified atom stereocenters. The van der Waals surface area contributed by atoms with E-state index >= 15 is 0 Å². The Balaban J connectivity index is 3.54. The lowest BCUT2D eigenvalue weighted by Gasteiger charge is -2.05. The number of hydrogen-bond acceptors (Lipinski definition) is 1. The lowest BCUT2D eigenvalue weighted by molar-refractivity contribution is -0.122. The van der Waals surface area contributed by atoms with Crippen LogP contribution < -0.4 is 5.73 Å². The van der Waals surface area contributed by atoms with Crippen molar-refractivity contribution in [1.82, 2.24) is 5.73 Å². The summed E-state index contributed by atoms with van der Waals surface area (Å²) in [6, 6.07) is 0. The number of amides is 1. The second-order valence-electron chi connectivity index (χ2n) is 2.26. The SMILES string of the molecule is CCCC(CC)C([NH])=O. The van der Waals surface area contributed by atoms with Crippen LogP contribution in [0.15, 0.2) is 0 Å². The molecule has 0 bridgehead atoms. The van der Waals surface area contributed by atoms with Gasteiger partial charge in [-0.1, -0.05) is 20.3 Å². The zero-order valence-electron chi connectivity index (χ0n) is 6.11. The Morgan fingerprint density at radius 1 is 1.56 bits per heavy atom. The number of nitrogens with one attached hydrogen (secondary N) is 1. The molecule has 0 aliphatic heterocycles. The van der Waals surface area contributed by atoms with Crippen molar-refractivity contribution in [2.75, 3.05) is 0 Å². The van der Waals surface area contributed by atoms with Crippen molar-refractivity contribution < 1.29 is 4.79 Å². The first-order chi connectivity index (χ1) is 4.22. The average Bonchev–Trinajstić information content (AvgIpc) is 1.82. The van der Waals surface area contributed by atoms with E-state index in [2.05, 4.69) is 0 Å². The maximum atomic E-state index is 10.4. The molecule has 9 heavy (non-hydrogen) atoms. The second kappa shape index (κ2) is 4.36. The van der Waals surface area contributed by atoms with E-state index in [1.54, 1.807) is 0 Å². The Labute approximate surface area is 56.4 Å². The third kappa shape index (κ3) is 3.12. The molecule has 53 valence electrons. The van der Waals surface area contributed by atoms with Gasteiger partial charge in [-0.05, 0) is 12.8 Å². The molecule has 1 N–H and O–H groups in total. The summed E-state index contributed by atoms with van der Waals surface area (Å²) in [5, 5.41) is 0. The highest BCUT2D eigenvalue weighted by Crippen LogP contribution is 2.09. The summed E-state index contributed by atoms with van der Waals surface area (Å²) in [5.74, 6) is -0.408. The minimum Gasteiger partial charge on any atom is -0.273 e. The minimum atomic E-state index is -0.403. The molecule has 1 amide bonds. The number of rotatable bonds is 4. The molecule has 0 aromatic heterocycles. The van der Waals surface area contributed by atoms with E-state index in [0.717, 1.165) is 19.3 Å². The smallest absolute Gasteiger partial charge is 0.241 e. The third-order valence-electron chi connectivity index (χ3n) is 1.50. The first-order valence-electron chi connectivity index (χ1n) is 3.47. The standard InChI is InChI=1S/C7H14NO/c1-3-5-6(4-2)7(8)9/h6,8H,3-5H2,1-2H3. The predicted molar refractivity (Wildman–Crippen MR) is 36.8 cm³/mol. The average molecular weight is 128 g/mol. The molecule has 0 heterocycles. The van der Waals surface area contributed by atoms with E-state index in [4.69, 9.17) is 5.73 Å². The van der Waals surface area contributed by atoms with E-state index < -0.39 is 5.91 Å². The maximum Gasteiger partial charge on any atom is 0.241 e. The van der Waals surface area contributed by atoms with Crippen LogP contribution in [0.2, 0.25) is 0 Å². The summed E-state index contributed by atoms with van der Waals surface area (Å²) in [7, 11) is 0. The van der Waals surface area contributed by atoms with E-state index in [1.165, 1.54) is 0 Å². The fourth-order valence-electron chi connectivity index (χ4n) is 0.869. The molecule has 0 aliphatic carbocycles. The normalized spacial score (nSPS) is 13.1. The van der Waals surface area contributed by atoms with Crippen LogP contribution in [-0.4, -0.2) is 5.91 Å². The van der Waals surface area contributed by atoms with Gasteiger partial charge in [0.1, 0.15) is 0 Å². The summed E-state index contributed by atoms with van der Waals surface area (Å²) in [5.41, 5.74) is 6.80. The molecule has 2 heteroatoms. The second-order valence-corrected chi connectivity index (χ2v) is 2.26. The molecule has 0 saturated carbocycles. The van der Waals surface area contributed by atoms with Gasteiger partial charge in [0.25, 0.3) is 0 Å². The van der Waals surface area contributed by atoms with Gasteiger partial charge < -0.3 is 0 Å². The van der Waals surface area contributed by atoms with E-state index in [1.807, 2.05) is 13.8 Å². The Kier molecular flexibility index (Phi) is 4.10. The molecule has 0 spiro atoms. The van der Waals surface area contributed by atoms with Crippen molar-refractivity contribution in [3.63, 3.8) is 0 Å². The van der Waals surface area contributed by atoms with Gasteiger partial charge in [0.05, 0.1) is 0 Å². The molecule has 1 atom stereocenters. The molecule has 2 nitrogen and oxygen atoms in total. The molecule has 0 aromatic carbocycles. The molecule has 0 aromatic rings. The highest BCUT2D eigenvalue weighted by atomic mass is 16.1. The van der Waals surface area contributed by atoms with Gasteiger partial charge in [-0.3, -0.25) is 10.5 Å². The van der Waals surface area contributed by atoms with E-state index in [9.17, 15) is 4.79 Å². The predicted octanol–water partition coefficient (Wildman–Crippen LogP) is 1.62. The Hall–Kier alpha value is -0.530. The fraction of sp³-hybridized carbons (Fsp3) is 0.857. The first-order valence-corrected chi connectivity index (χ1v) is 3.47. The topological polar surface area (TPSA) is 40.9 Å². The Bertz CT molecular complexity index is 90.9. The van der Waals surface area contributed by atoms with Crippen LogP contribution in [0.3, 0.4) is 0 Å². The summed E-state index contributed by atoms with van der Waals surface area (Å²) >= 11 is 0. The number of hydrogen-bond donors (Lipinski definition) is 0. The van der Waals surface area contributed by atoms with Crippen LogP contribution in [0.4, 0.5) is 0 Å². The van der Waals surface area contributed by atoms with E-state index in [-0.39, 0.29) is 5.92 Å². The number of carbonyl (C=O) groups is 1. The molecular weight excluding hydrogens is 114 g/mol. The quantitative estimate of drug-likeness (QED) is 0.567. The fourth-order valence-corrected chi connectivity index (χ4v) is 0.869. The molecular formula is C7H14NO. The van der Waals surface area contributed by atoms with Gasteiger partial charge in [0.2, 0.25) is 5.91 Å². The lowest BCUT2D eigenvalue weighted by atomic mass is 10.0. The van der Waals surface area contributed by atoms with Gasteiger partial charge in [0, 0.05) is 5.92 Å². The Morgan fingerprint density at radius 2 is 2.11 bits per heavy atom. The maximum absolute atomic E-state index is 10.4. The summed E-state index contributed by atoms with van der Waals surface area (Å²) in [6.45, 7) is 3.98. The highest BCUT2D eigenvalue weighted by Gasteiger charge is 2.10. The third-order valence-corrected chi connectivity index (χ3v) is 1.50. The lowest BCUT2D eigenvalue weighted by Crippen LogP contribution is -2.13. The van der Waals surface area contributed by atoms with Crippen molar-refractivity contribution in [2.24, 2.45) is 5.92 Å². The molecule has 1 radical (unpaired) electrons. The van der Waals surface area contributed by atoms with Crippen molar-refractivity contribution >= 4 is 5.91 Å². The van der Waals surface area contributed by atoms with Crippen LogP contribution in [0.1, 0.15) is 33.1 Å². The van der Waals surface area contributed by atoms with Gasteiger partial charge >= 0.3 is 0 Å². The van der Waals surface area contributed by atoms with Crippen LogP contribution in [0.25, 0.3) is 0 Å². The monoisotopic (exact) mass is 128 g/mol. The molecule has 0 saturated heterocycles. The molecule has 0 aliphatic rings. The zero-order valence-corrected chi connectivity index (χ0v) is 6.11. The van der Waals surface area contributed by atoms with E-state index in [0.29, 0.717) is 0 Å². The van der Waals surface area contributed by atoms with Crippen molar-refractivity contribution in [1.29, 1.82) is 0 Å². The van der Waals surface area contributed by atoms with Crippen molar-refractivity contribution in [2.45, 2.75) is 33.1 Å². The van der Waals surface area contributed by atoms with Gasteiger partial charge in [-0.25, -0.2) is 0 Å². The number of carbonyl (C=O) groups excluding carboxylic acids is 1. The van der Waals surface area contributed by atoms with Crippen LogP contribution in [-0.2, 0) is 4.79 Å². The largest absolute Gasteiger partial charge is 0.273 e. The van der Waals surface area contributed by atoms with Crippen molar-refractivity contribution in [3.05, 3.63) is 0 Å². The highest BCUT2D eigenvalue weighted by molar-refractivity contribution is 5.75. The zero-order chi connectivity index (χ0) is 7.28. The summed E-state index contributed by atoms with van der Waals surface area (Å²) in [6.07, 6.45) is 2.69. The van der Waals surface area contributed by atoms with Gasteiger partial charge in [-0.15, -0.1) is 0 Å². The minimum absolute atomic E-state index is 0.00463. The van der Waals surface area contributed by atoms with Crippen LogP contribution in [0, 0.1) is 5.92 Å². The van der Waals surface area contributed by atoms with Crippen LogP contribution in [0.5, 0.6) is 0 Å².